The third-order valence-corrected chi connectivity index (χ3v) is 3.41. The van der Waals surface area contributed by atoms with E-state index in [2.05, 4.69) is 14.9 Å². The number of hydrogen-bond acceptors (Lipinski definition) is 6. The van der Waals surface area contributed by atoms with Crippen molar-refractivity contribution in [3.63, 3.8) is 0 Å². The van der Waals surface area contributed by atoms with Gasteiger partial charge in [-0.3, -0.25) is 0 Å². The van der Waals surface area contributed by atoms with E-state index < -0.39 is 5.97 Å². The second-order valence-electron chi connectivity index (χ2n) is 4.75. The molecule has 0 bridgehead atoms. The van der Waals surface area contributed by atoms with Gasteiger partial charge in [-0.25, -0.2) is 9.18 Å². The highest BCUT2D eigenvalue weighted by Gasteiger charge is 2.20. The summed E-state index contributed by atoms with van der Waals surface area (Å²) < 4.78 is 24.1. The van der Waals surface area contributed by atoms with Crippen LogP contribution in [0.3, 0.4) is 0 Å². The number of ether oxygens (including phenoxy) is 2. The average Bonchev–Trinajstić information content (AvgIpc) is 2.78. The Hall–Kier alpha value is -2.70. The zero-order valence-electron chi connectivity index (χ0n) is 12.0. The van der Waals surface area contributed by atoms with Gasteiger partial charge in [0, 0.05) is 5.56 Å². The highest BCUT2D eigenvalue weighted by molar-refractivity contribution is 5.86. The van der Waals surface area contributed by atoms with Crippen molar-refractivity contribution in [1.29, 1.82) is 0 Å². The molecule has 0 aliphatic carbocycles. The van der Waals surface area contributed by atoms with Crippen LogP contribution in [-0.2, 0) is 11.3 Å². The summed E-state index contributed by atoms with van der Waals surface area (Å²) in [6, 6.07) is 7.95. The molecule has 0 atom stereocenters. The monoisotopic (exact) mass is 303 g/mol. The van der Waals surface area contributed by atoms with Gasteiger partial charge in [-0.2, -0.15) is 0 Å². The fourth-order valence-electron chi connectivity index (χ4n) is 2.27. The SMILES string of the molecule is COC(=O)c1ccc(N2CCOc3cccc(F)c3C2)nn1. The number of hydrogen-bond donors (Lipinski definition) is 0. The Bertz CT molecular complexity index is 691. The summed E-state index contributed by atoms with van der Waals surface area (Å²) in [5, 5.41) is 7.85. The van der Waals surface area contributed by atoms with Crippen LogP contribution >= 0.6 is 0 Å². The van der Waals surface area contributed by atoms with Crippen LogP contribution in [0.4, 0.5) is 10.2 Å². The van der Waals surface area contributed by atoms with E-state index in [9.17, 15) is 9.18 Å². The molecule has 0 spiro atoms. The van der Waals surface area contributed by atoms with Crippen molar-refractivity contribution >= 4 is 11.8 Å². The maximum atomic E-state index is 14.0. The molecule has 0 fully saturated rings. The Morgan fingerprint density at radius 2 is 2.18 bits per heavy atom. The molecule has 1 aromatic heterocycles. The lowest BCUT2D eigenvalue weighted by Gasteiger charge is -2.20. The molecule has 0 saturated heterocycles. The van der Waals surface area contributed by atoms with E-state index in [1.54, 1.807) is 18.2 Å². The van der Waals surface area contributed by atoms with Gasteiger partial charge in [0.2, 0.25) is 0 Å². The first-order valence-corrected chi connectivity index (χ1v) is 6.76. The number of aromatic nitrogens is 2. The standard InChI is InChI=1S/C15H14FN3O3/c1-21-15(20)12-5-6-14(18-17-12)19-7-8-22-13-4-2-3-11(16)10(13)9-19/h2-6H,7-9H2,1H3. The minimum absolute atomic E-state index is 0.129. The first-order valence-electron chi connectivity index (χ1n) is 6.76. The van der Waals surface area contributed by atoms with Crippen LogP contribution in [0.15, 0.2) is 30.3 Å². The van der Waals surface area contributed by atoms with Crippen LogP contribution in [0.25, 0.3) is 0 Å². The van der Waals surface area contributed by atoms with E-state index in [1.807, 2.05) is 4.90 Å². The molecular formula is C15H14FN3O3. The number of halogens is 1. The number of esters is 1. The number of methoxy groups -OCH3 is 1. The molecule has 114 valence electrons. The third kappa shape index (κ3) is 2.69. The van der Waals surface area contributed by atoms with Crippen LogP contribution in [-0.4, -0.2) is 36.4 Å². The van der Waals surface area contributed by atoms with E-state index >= 15 is 0 Å². The number of rotatable bonds is 2. The van der Waals surface area contributed by atoms with Crippen molar-refractivity contribution in [3.8, 4) is 5.75 Å². The van der Waals surface area contributed by atoms with Crippen molar-refractivity contribution in [2.24, 2.45) is 0 Å². The molecule has 0 saturated carbocycles. The van der Waals surface area contributed by atoms with Gasteiger partial charge in [0.05, 0.1) is 20.2 Å². The van der Waals surface area contributed by atoms with Gasteiger partial charge in [0.1, 0.15) is 18.2 Å². The Balaban J connectivity index is 1.86. The highest BCUT2D eigenvalue weighted by atomic mass is 19.1. The molecule has 0 N–H and O–H groups in total. The maximum absolute atomic E-state index is 14.0. The van der Waals surface area contributed by atoms with E-state index in [4.69, 9.17) is 4.74 Å². The van der Waals surface area contributed by atoms with Crippen molar-refractivity contribution < 1.29 is 18.7 Å². The van der Waals surface area contributed by atoms with Crippen LogP contribution in [0.1, 0.15) is 16.1 Å². The van der Waals surface area contributed by atoms with Gasteiger partial charge in [-0.05, 0) is 24.3 Å². The lowest BCUT2D eigenvalue weighted by Crippen LogP contribution is -2.27. The predicted molar refractivity (Wildman–Crippen MR) is 76.3 cm³/mol. The van der Waals surface area contributed by atoms with Crippen LogP contribution in [0.5, 0.6) is 5.75 Å². The number of carbonyl (C=O) groups excluding carboxylic acids is 1. The molecule has 2 aromatic rings. The molecule has 1 aromatic carbocycles. The Morgan fingerprint density at radius 3 is 2.91 bits per heavy atom. The van der Waals surface area contributed by atoms with E-state index in [0.29, 0.717) is 36.8 Å². The minimum atomic E-state index is -0.547. The molecule has 7 heteroatoms. The Kier molecular flexibility index (Phi) is 3.86. The number of anilines is 1. The molecule has 22 heavy (non-hydrogen) atoms. The molecule has 0 radical (unpaired) electrons. The van der Waals surface area contributed by atoms with Crippen LogP contribution < -0.4 is 9.64 Å². The summed E-state index contributed by atoms with van der Waals surface area (Å²) >= 11 is 0. The summed E-state index contributed by atoms with van der Waals surface area (Å²) in [6.45, 7) is 1.28. The van der Waals surface area contributed by atoms with Crippen molar-refractivity contribution in [2.45, 2.75) is 6.54 Å². The summed E-state index contributed by atoms with van der Waals surface area (Å²) in [7, 11) is 1.28. The highest BCUT2D eigenvalue weighted by Crippen LogP contribution is 2.27. The number of nitrogens with zero attached hydrogens (tertiary/aromatic N) is 3. The average molecular weight is 303 g/mol. The van der Waals surface area contributed by atoms with Gasteiger partial charge in [0.15, 0.2) is 11.5 Å². The molecule has 3 rings (SSSR count). The van der Waals surface area contributed by atoms with E-state index in [1.165, 1.54) is 19.2 Å². The molecule has 2 heterocycles. The smallest absolute Gasteiger partial charge is 0.358 e. The van der Waals surface area contributed by atoms with Crippen LogP contribution in [0, 0.1) is 5.82 Å². The summed E-state index contributed by atoms with van der Waals surface area (Å²) in [5.74, 6) is 0.229. The van der Waals surface area contributed by atoms with Crippen molar-refractivity contribution in [2.75, 3.05) is 25.2 Å². The quantitative estimate of drug-likeness (QED) is 0.788. The topological polar surface area (TPSA) is 64.5 Å². The van der Waals surface area contributed by atoms with Gasteiger partial charge in [0.25, 0.3) is 0 Å². The first kappa shape index (κ1) is 14.2. The minimum Gasteiger partial charge on any atom is -0.491 e. The molecule has 6 nitrogen and oxygen atoms in total. The summed E-state index contributed by atoms with van der Waals surface area (Å²) in [5.41, 5.74) is 0.614. The number of benzene rings is 1. The van der Waals surface area contributed by atoms with E-state index in [-0.39, 0.29) is 11.5 Å². The summed E-state index contributed by atoms with van der Waals surface area (Å²) in [4.78, 5) is 13.2. The largest absolute Gasteiger partial charge is 0.491 e. The van der Waals surface area contributed by atoms with Gasteiger partial charge in [-0.15, -0.1) is 10.2 Å². The zero-order chi connectivity index (χ0) is 15.5. The first-order chi connectivity index (χ1) is 10.7. The zero-order valence-corrected chi connectivity index (χ0v) is 12.0. The molecule has 0 unspecified atom stereocenters. The van der Waals surface area contributed by atoms with Crippen LogP contribution in [0.2, 0.25) is 0 Å². The fourth-order valence-corrected chi connectivity index (χ4v) is 2.27. The second kappa shape index (κ2) is 5.97. The number of fused-ring (bicyclic) bond motifs is 1. The molecule has 1 aliphatic heterocycles. The summed E-state index contributed by atoms with van der Waals surface area (Å²) in [6.07, 6.45) is 0. The van der Waals surface area contributed by atoms with E-state index in [0.717, 1.165) is 0 Å². The third-order valence-electron chi connectivity index (χ3n) is 3.41. The van der Waals surface area contributed by atoms with Gasteiger partial charge in [-0.1, -0.05) is 6.07 Å². The predicted octanol–water partition coefficient (Wildman–Crippen LogP) is 1.80. The van der Waals surface area contributed by atoms with Crippen molar-refractivity contribution in [3.05, 3.63) is 47.4 Å². The number of carbonyl (C=O) groups is 1. The lowest BCUT2D eigenvalue weighted by atomic mass is 10.2. The Morgan fingerprint density at radius 1 is 1.32 bits per heavy atom. The molecule has 0 amide bonds. The molecular weight excluding hydrogens is 289 g/mol. The lowest BCUT2D eigenvalue weighted by molar-refractivity contribution is 0.0592. The van der Waals surface area contributed by atoms with Crippen molar-refractivity contribution in [1.82, 2.24) is 10.2 Å². The normalized spacial score (nSPS) is 13.8. The van der Waals surface area contributed by atoms with Gasteiger partial charge < -0.3 is 14.4 Å². The Labute approximate surface area is 126 Å². The molecule has 1 aliphatic rings. The fraction of sp³-hybridized carbons (Fsp3) is 0.267. The van der Waals surface area contributed by atoms with Gasteiger partial charge >= 0.3 is 5.97 Å². The maximum Gasteiger partial charge on any atom is 0.358 e. The second-order valence-corrected chi connectivity index (χ2v) is 4.75.